The van der Waals surface area contributed by atoms with Gasteiger partial charge in [0, 0.05) is 5.56 Å². The zero-order chi connectivity index (χ0) is 14.0. The first-order valence-electron chi connectivity index (χ1n) is 5.31. The second-order valence-electron chi connectivity index (χ2n) is 3.77. The fourth-order valence-electron chi connectivity index (χ4n) is 1.43. The van der Waals surface area contributed by atoms with Crippen LogP contribution in [0, 0.1) is 0 Å². The van der Waals surface area contributed by atoms with Crippen LogP contribution >= 0.6 is 22.6 Å². The second kappa shape index (κ2) is 5.40. The van der Waals surface area contributed by atoms with Gasteiger partial charge in [0.1, 0.15) is 12.0 Å². The van der Waals surface area contributed by atoms with Gasteiger partial charge in [0.2, 0.25) is 5.89 Å². The average molecular weight is 383 g/mol. The van der Waals surface area contributed by atoms with Crippen molar-refractivity contribution in [2.24, 2.45) is 0 Å². The van der Waals surface area contributed by atoms with Crippen molar-refractivity contribution < 1.29 is 22.3 Å². The van der Waals surface area contributed by atoms with Crippen LogP contribution in [0.5, 0.6) is 5.75 Å². The van der Waals surface area contributed by atoms with Crippen molar-refractivity contribution in [3.05, 3.63) is 36.2 Å². The first-order valence-corrected chi connectivity index (χ1v) is 6.55. The van der Waals surface area contributed by atoms with Crippen LogP contribution in [0.1, 0.15) is 16.5 Å². The largest absolute Gasteiger partial charge is 0.573 e. The monoisotopic (exact) mass is 383 g/mol. The summed E-state index contributed by atoms with van der Waals surface area (Å²) in [4.78, 5) is 4.21. The molecule has 0 amide bonds. The first kappa shape index (κ1) is 14.2. The molecule has 0 aliphatic heterocycles. The number of aromatic nitrogens is 1. The molecule has 2 rings (SSSR count). The van der Waals surface area contributed by atoms with Gasteiger partial charge in [-0.05, 0) is 25.1 Å². The molecule has 0 radical (unpaired) electrons. The van der Waals surface area contributed by atoms with Crippen molar-refractivity contribution in [2.45, 2.75) is 17.2 Å². The van der Waals surface area contributed by atoms with Crippen LogP contribution < -0.4 is 4.74 Å². The molecule has 2 aromatic rings. The van der Waals surface area contributed by atoms with E-state index in [9.17, 15) is 13.2 Å². The van der Waals surface area contributed by atoms with Crippen LogP contribution in [0.15, 0.2) is 34.9 Å². The Morgan fingerprint density at radius 3 is 2.68 bits per heavy atom. The Morgan fingerprint density at radius 2 is 2.11 bits per heavy atom. The number of ether oxygens (including phenoxy) is 1. The second-order valence-corrected chi connectivity index (χ2v) is 5.64. The topological polar surface area (TPSA) is 35.3 Å². The van der Waals surface area contributed by atoms with E-state index >= 15 is 0 Å². The van der Waals surface area contributed by atoms with Crippen molar-refractivity contribution in [3.8, 4) is 17.2 Å². The Labute approximate surface area is 120 Å². The molecule has 0 spiro atoms. The summed E-state index contributed by atoms with van der Waals surface area (Å²) in [5, 5.41) is 0. The van der Waals surface area contributed by atoms with Gasteiger partial charge in [0.15, 0.2) is 0 Å². The third-order valence-electron chi connectivity index (χ3n) is 2.24. The van der Waals surface area contributed by atoms with Crippen molar-refractivity contribution in [1.29, 1.82) is 0 Å². The lowest BCUT2D eigenvalue weighted by Gasteiger charge is -2.08. The first-order chi connectivity index (χ1) is 8.85. The van der Waals surface area contributed by atoms with E-state index in [4.69, 9.17) is 4.42 Å². The Balaban J connectivity index is 2.27. The van der Waals surface area contributed by atoms with E-state index in [0.717, 1.165) is 5.69 Å². The molecule has 1 unspecified atom stereocenters. The van der Waals surface area contributed by atoms with Crippen LogP contribution in [0.4, 0.5) is 13.2 Å². The van der Waals surface area contributed by atoms with E-state index in [2.05, 4.69) is 32.3 Å². The summed E-state index contributed by atoms with van der Waals surface area (Å²) < 4.78 is 45.6. The number of halogens is 4. The van der Waals surface area contributed by atoms with E-state index in [1.54, 1.807) is 6.07 Å². The molecule has 0 aliphatic carbocycles. The van der Waals surface area contributed by atoms with Crippen molar-refractivity contribution in [2.75, 3.05) is 0 Å². The van der Waals surface area contributed by atoms with Gasteiger partial charge in [-0.2, -0.15) is 0 Å². The maximum Gasteiger partial charge on any atom is 0.573 e. The molecule has 1 aromatic heterocycles. The van der Waals surface area contributed by atoms with Crippen LogP contribution in [-0.4, -0.2) is 11.3 Å². The van der Waals surface area contributed by atoms with Crippen molar-refractivity contribution in [1.82, 2.24) is 4.98 Å². The summed E-state index contributed by atoms with van der Waals surface area (Å²) in [6.45, 7) is 1.94. The molecule has 0 N–H and O–H groups in total. The molecule has 102 valence electrons. The average Bonchev–Trinajstić information content (AvgIpc) is 2.76. The van der Waals surface area contributed by atoms with E-state index in [1.165, 1.54) is 24.5 Å². The van der Waals surface area contributed by atoms with Gasteiger partial charge in [-0.15, -0.1) is 13.2 Å². The summed E-state index contributed by atoms with van der Waals surface area (Å²) in [5.74, 6) is -0.0292. The van der Waals surface area contributed by atoms with Crippen molar-refractivity contribution >= 4 is 22.6 Å². The molecule has 1 aromatic carbocycles. The Hall–Kier alpha value is -1.25. The highest BCUT2D eigenvalue weighted by molar-refractivity contribution is 14.1. The highest BCUT2D eigenvalue weighted by Gasteiger charge is 2.31. The molecule has 19 heavy (non-hydrogen) atoms. The molecule has 0 saturated carbocycles. The molecular formula is C12H9F3INO2. The lowest BCUT2D eigenvalue weighted by atomic mass is 10.2. The normalized spacial score (nSPS) is 13.3. The summed E-state index contributed by atoms with van der Waals surface area (Å²) in [5.41, 5.74) is 1.17. The van der Waals surface area contributed by atoms with E-state index in [-0.39, 0.29) is 15.6 Å². The maximum absolute atomic E-state index is 12.1. The lowest BCUT2D eigenvalue weighted by Crippen LogP contribution is -2.17. The smallest absolute Gasteiger partial charge is 0.444 e. The van der Waals surface area contributed by atoms with Crippen LogP contribution in [-0.2, 0) is 0 Å². The summed E-state index contributed by atoms with van der Waals surface area (Å²) >= 11 is 2.17. The van der Waals surface area contributed by atoms with Crippen LogP contribution in [0.2, 0.25) is 0 Å². The fourth-order valence-corrected chi connectivity index (χ4v) is 1.71. The predicted molar refractivity (Wildman–Crippen MR) is 71.1 cm³/mol. The Morgan fingerprint density at radius 1 is 1.37 bits per heavy atom. The highest BCUT2D eigenvalue weighted by Crippen LogP contribution is 2.29. The summed E-state index contributed by atoms with van der Waals surface area (Å²) in [6.07, 6.45) is -3.22. The molecule has 0 bridgehead atoms. The zero-order valence-corrected chi connectivity index (χ0v) is 11.9. The molecule has 0 aliphatic rings. The summed E-state index contributed by atoms with van der Waals surface area (Å²) in [7, 11) is 0. The third kappa shape index (κ3) is 3.85. The van der Waals surface area contributed by atoms with E-state index < -0.39 is 6.36 Å². The van der Waals surface area contributed by atoms with Gasteiger partial charge in [0.25, 0.3) is 0 Å². The number of nitrogens with zero attached hydrogens (tertiary/aromatic N) is 1. The molecule has 1 heterocycles. The zero-order valence-electron chi connectivity index (χ0n) is 9.74. The number of rotatable bonds is 3. The van der Waals surface area contributed by atoms with Crippen molar-refractivity contribution in [3.63, 3.8) is 0 Å². The molecule has 0 saturated heterocycles. The van der Waals surface area contributed by atoms with E-state index in [0.29, 0.717) is 5.56 Å². The fraction of sp³-hybridized carbons (Fsp3) is 0.250. The third-order valence-corrected chi connectivity index (χ3v) is 2.88. The van der Waals surface area contributed by atoms with Crippen LogP contribution in [0.25, 0.3) is 11.5 Å². The highest BCUT2D eigenvalue weighted by atomic mass is 127. The standard InChI is InChI=1S/C12H9F3INO2/c1-7(16)10-6-18-11(17-10)8-3-2-4-9(5-8)19-12(13,14)15/h2-7H,1H3. The molecule has 1 atom stereocenters. The molecule has 0 fully saturated rings. The van der Waals surface area contributed by atoms with Gasteiger partial charge >= 0.3 is 6.36 Å². The number of hydrogen-bond acceptors (Lipinski definition) is 3. The predicted octanol–water partition coefficient (Wildman–Crippen LogP) is 4.74. The van der Waals surface area contributed by atoms with Gasteiger partial charge in [-0.1, -0.05) is 28.7 Å². The van der Waals surface area contributed by atoms with Gasteiger partial charge < -0.3 is 9.15 Å². The SMILES string of the molecule is CC(I)c1coc(-c2cccc(OC(F)(F)F)c2)n1. The molecular weight excluding hydrogens is 374 g/mol. The number of alkyl halides is 4. The Bertz CT molecular complexity index is 566. The minimum atomic E-state index is -4.71. The lowest BCUT2D eigenvalue weighted by molar-refractivity contribution is -0.274. The molecule has 3 nitrogen and oxygen atoms in total. The van der Waals surface area contributed by atoms with E-state index in [1.807, 2.05) is 6.92 Å². The van der Waals surface area contributed by atoms with Gasteiger partial charge in [-0.3, -0.25) is 0 Å². The van der Waals surface area contributed by atoms with Crippen LogP contribution in [0.3, 0.4) is 0 Å². The number of oxazole rings is 1. The quantitative estimate of drug-likeness (QED) is 0.568. The minimum Gasteiger partial charge on any atom is -0.444 e. The summed E-state index contributed by atoms with van der Waals surface area (Å²) in [6, 6.07) is 5.52. The van der Waals surface area contributed by atoms with Gasteiger partial charge in [-0.25, -0.2) is 4.98 Å². The van der Waals surface area contributed by atoms with Gasteiger partial charge in [0.05, 0.1) is 9.62 Å². The minimum absolute atomic E-state index is 0.157. The molecule has 7 heteroatoms. The number of benzene rings is 1. The maximum atomic E-state index is 12.1. The number of hydrogen-bond donors (Lipinski definition) is 0. The Kier molecular flexibility index (Phi) is 4.02.